The van der Waals surface area contributed by atoms with Crippen molar-refractivity contribution in [2.75, 3.05) is 11.6 Å². The number of nitrogens with two attached hydrogens (primary N) is 1. The van der Waals surface area contributed by atoms with Gasteiger partial charge in [-0.1, -0.05) is 5.21 Å². The molecule has 0 aliphatic heterocycles. The summed E-state index contributed by atoms with van der Waals surface area (Å²) < 4.78 is 24.0. The molecule has 2 aromatic rings. The predicted octanol–water partition coefficient (Wildman–Crippen LogP) is -0.221. The zero-order valence-electron chi connectivity index (χ0n) is 11.4. The molecule has 0 saturated heterocycles. The number of carbonyl (C=O) groups excluding carboxylic acids is 1. The van der Waals surface area contributed by atoms with E-state index >= 15 is 0 Å². The van der Waals surface area contributed by atoms with Crippen molar-refractivity contribution in [2.45, 2.75) is 18.0 Å². The number of benzene rings is 1. The summed E-state index contributed by atoms with van der Waals surface area (Å²) in [5.74, 6) is -0.296. The average Bonchev–Trinajstić information content (AvgIpc) is 2.85. The normalized spacial score (nSPS) is 11.3. The van der Waals surface area contributed by atoms with Crippen LogP contribution in [0.4, 0.5) is 5.69 Å². The number of rotatable bonds is 5. The van der Waals surface area contributed by atoms with Gasteiger partial charge in [0.15, 0.2) is 9.84 Å². The van der Waals surface area contributed by atoms with Crippen molar-refractivity contribution in [1.82, 2.24) is 15.0 Å². The molecule has 8 nitrogen and oxygen atoms in total. The third kappa shape index (κ3) is 4.10. The fraction of sp³-hybridized carbons (Fsp3) is 0.250. The first kappa shape index (κ1) is 15.1. The number of amides is 1. The Morgan fingerprint density at radius 3 is 2.52 bits per heavy atom. The van der Waals surface area contributed by atoms with Gasteiger partial charge in [0.1, 0.15) is 6.54 Å². The van der Waals surface area contributed by atoms with Gasteiger partial charge < -0.3 is 11.1 Å². The summed E-state index contributed by atoms with van der Waals surface area (Å²) in [5.41, 5.74) is 6.50. The maximum atomic E-state index is 11.8. The van der Waals surface area contributed by atoms with E-state index in [2.05, 4.69) is 15.6 Å². The Morgan fingerprint density at radius 1 is 1.33 bits per heavy atom. The molecule has 1 amide bonds. The van der Waals surface area contributed by atoms with Crippen LogP contribution in [-0.2, 0) is 27.7 Å². The number of hydrogen-bond donors (Lipinski definition) is 2. The molecule has 3 N–H and O–H groups in total. The molecule has 0 spiro atoms. The quantitative estimate of drug-likeness (QED) is 0.788. The highest BCUT2D eigenvalue weighted by Gasteiger charge is 2.08. The standard InChI is InChI=1S/C12H15N5O3S/c1-21(19,20)11-4-2-9(3-5-11)14-12(18)8-17-7-10(6-13)15-16-17/h2-5,7H,6,8,13H2,1H3,(H,14,18). The van der Waals surface area contributed by atoms with Crippen molar-refractivity contribution in [2.24, 2.45) is 5.73 Å². The van der Waals surface area contributed by atoms with Crippen LogP contribution in [0.15, 0.2) is 35.4 Å². The largest absolute Gasteiger partial charge is 0.325 e. The van der Waals surface area contributed by atoms with E-state index in [1.165, 1.54) is 28.9 Å². The maximum Gasteiger partial charge on any atom is 0.246 e. The minimum atomic E-state index is -3.24. The summed E-state index contributed by atoms with van der Waals surface area (Å²) in [6, 6.07) is 5.93. The Balaban J connectivity index is 1.99. The van der Waals surface area contributed by atoms with Gasteiger partial charge in [-0.3, -0.25) is 4.79 Å². The monoisotopic (exact) mass is 309 g/mol. The Hall–Kier alpha value is -2.26. The fourth-order valence-electron chi connectivity index (χ4n) is 1.64. The molecular weight excluding hydrogens is 294 g/mol. The fourth-order valence-corrected chi connectivity index (χ4v) is 2.27. The molecule has 1 heterocycles. The Morgan fingerprint density at radius 2 is 2.00 bits per heavy atom. The highest BCUT2D eigenvalue weighted by Crippen LogP contribution is 2.13. The molecule has 1 aromatic carbocycles. The van der Waals surface area contributed by atoms with E-state index in [1.807, 2.05) is 0 Å². The second-order valence-corrected chi connectivity index (χ2v) is 6.47. The highest BCUT2D eigenvalue weighted by atomic mass is 32.2. The molecule has 112 valence electrons. The second kappa shape index (κ2) is 6.02. The highest BCUT2D eigenvalue weighted by molar-refractivity contribution is 7.90. The van der Waals surface area contributed by atoms with Crippen molar-refractivity contribution in [1.29, 1.82) is 0 Å². The van der Waals surface area contributed by atoms with Gasteiger partial charge in [0.2, 0.25) is 5.91 Å². The molecule has 21 heavy (non-hydrogen) atoms. The zero-order chi connectivity index (χ0) is 15.5. The predicted molar refractivity (Wildman–Crippen MR) is 76.1 cm³/mol. The van der Waals surface area contributed by atoms with E-state index < -0.39 is 9.84 Å². The molecule has 9 heteroatoms. The molecule has 1 aromatic heterocycles. The number of nitrogens with zero attached hydrogens (tertiary/aromatic N) is 3. The van der Waals surface area contributed by atoms with Crippen LogP contribution in [0.1, 0.15) is 5.69 Å². The van der Waals surface area contributed by atoms with E-state index in [-0.39, 0.29) is 23.9 Å². The average molecular weight is 309 g/mol. The molecule has 0 aliphatic rings. The van der Waals surface area contributed by atoms with Crippen molar-refractivity contribution in [3.63, 3.8) is 0 Å². The number of hydrogen-bond acceptors (Lipinski definition) is 6. The lowest BCUT2D eigenvalue weighted by atomic mass is 10.3. The van der Waals surface area contributed by atoms with Crippen LogP contribution in [0.3, 0.4) is 0 Å². The van der Waals surface area contributed by atoms with Gasteiger partial charge in [0, 0.05) is 18.5 Å². The lowest BCUT2D eigenvalue weighted by molar-refractivity contribution is -0.116. The first-order valence-electron chi connectivity index (χ1n) is 6.07. The van der Waals surface area contributed by atoms with E-state index in [4.69, 9.17) is 5.73 Å². The van der Waals surface area contributed by atoms with Gasteiger partial charge >= 0.3 is 0 Å². The number of sulfone groups is 1. The molecule has 0 radical (unpaired) electrons. The van der Waals surface area contributed by atoms with E-state index in [9.17, 15) is 13.2 Å². The van der Waals surface area contributed by atoms with E-state index in [1.54, 1.807) is 6.20 Å². The van der Waals surface area contributed by atoms with Crippen molar-refractivity contribution in [3.05, 3.63) is 36.2 Å². The summed E-state index contributed by atoms with van der Waals surface area (Å²) in [6.45, 7) is 0.259. The van der Waals surface area contributed by atoms with Crippen molar-refractivity contribution >= 4 is 21.4 Å². The number of nitrogens with one attached hydrogen (secondary N) is 1. The third-order valence-corrected chi connectivity index (χ3v) is 3.80. The van der Waals surface area contributed by atoms with Crippen molar-refractivity contribution in [3.8, 4) is 0 Å². The summed E-state index contributed by atoms with van der Waals surface area (Å²) in [7, 11) is -3.24. The topological polar surface area (TPSA) is 120 Å². The smallest absolute Gasteiger partial charge is 0.246 e. The van der Waals surface area contributed by atoms with Gasteiger partial charge in [-0.25, -0.2) is 13.1 Å². The molecule has 0 saturated carbocycles. The Labute approximate surface area is 121 Å². The molecule has 0 unspecified atom stereocenters. The minimum Gasteiger partial charge on any atom is -0.325 e. The summed E-state index contributed by atoms with van der Waals surface area (Å²) in [4.78, 5) is 12.0. The lowest BCUT2D eigenvalue weighted by Crippen LogP contribution is -2.19. The van der Waals surface area contributed by atoms with Crippen LogP contribution >= 0.6 is 0 Å². The van der Waals surface area contributed by atoms with Gasteiger partial charge in [-0.15, -0.1) is 5.10 Å². The Kier molecular flexibility index (Phi) is 4.34. The second-order valence-electron chi connectivity index (χ2n) is 4.46. The van der Waals surface area contributed by atoms with Gasteiger partial charge in [0.25, 0.3) is 0 Å². The molecule has 2 rings (SSSR count). The lowest BCUT2D eigenvalue weighted by Gasteiger charge is -2.05. The van der Waals surface area contributed by atoms with Crippen LogP contribution in [0.2, 0.25) is 0 Å². The first-order chi connectivity index (χ1) is 9.88. The van der Waals surface area contributed by atoms with Gasteiger partial charge in [0.05, 0.1) is 16.8 Å². The first-order valence-corrected chi connectivity index (χ1v) is 7.96. The number of aromatic nitrogens is 3. The SMILES string of the molecule is CS(=O)(=O)c1ccc(NC(=O)Cn2cc(CN)nn2)cc1. The van der Waals surface area contributed by atoms with Crippen LogP contribution in [-0.4, -0.2) is 35.6 Å². The molecule has 0 bridgehead atoms. The Bertz CT molecular complexity index is 737. The summed E-state index contributed by atoms with van der Waals surface area (Å²) >= 11 is 0. The third-order valence-electron chi connectivity index (χ3n) is 2.67. The van der Waals surface area contributed by atoms with E-state index in [0.29, 0.717) is 11.4 Å². The van der Waals surface area contributed by atoms with E-state index in [0.717, 1.165) is 6.26 Å². The minimum absolute atomic E-state index is 0.000821. The summed E-state index contributed by atoms with van der Waals surface area (Å²) in [6.07, 6.45) is 2.71. The zero-order valence-corrected chi connectivity index (χ0v) is 12.2. The number of anilines is 1. The summed E-state index contributed by atoms with van der Waals surface area (Å²) in [5, 5.41) is 10.2. The van der Waals surface area contributed by atoms with Crippen LogP contribution in [0.25, 0.3) is 0 Å². The molecular formula is C12H15N5O3S. The van der Waals surface area contributed by atoms with Crippen LogP contribution in [0.5, 0.6) is 0 Å². The number of carbonyl (C=O) groups is 1. The molecule has 0 atom stereocenters. The van der Waals surface area contributed by atoms with Crippen molar-refractivity contribution < 1.29 is 13.2 Å². The van der Waals surface area contributed by atoms with Crippen LogP contribution < -0.4 is 11.1 Å². The maximum absolute atomic E-state index is 11.8. The molecule has 0 fully saturated rings. The molecule has 0 aliphatic carbocycles. The van der Waals surface area contributed by atoms with Gasteiger partial charge in [-0.05, 0) is 24.3 Å². The van der Waals surface area contributed by atoms with Gasteiger partial charge in [-0.2, -0.15) is 0 Å². The van der Waals surface area contributed by atoms with Crippen LogP contribution in [0, 0.1) is 0 Å².